The van der Waals surface area contributed by atoms with Gasteiger partial charge in [-0.1, -0.05) is 30.7 Å². The number of hydrogen-bond acceptors (Lipinski definition) is 2. The molecule has 0 saturated carbocycles. The molecule has 1 aromatic rings. The smallest absolute Gasteiger partial charge is 0.0408 e. The van der Waals surface area contributed by atoms with Crippen molar-refractivity contribution in [3.63, 3.8) is 0 Å². The van der Waals surface area contributed by atoms with Crippen molar-refractivity contribution in [1.82, 2.24) is 5.32 Å². The van der Waals surface area contributed by atoms with Crippen molar-refractivity contribution in [1.29, 1.82) is 0 Å². The third kappa shape index (κ3) is 3.90. The van der Waals surface area contributed by atoms with E-state index in [-0.39, 0.29) is 0 Å². The van der Waals surface area contributed by atoms with Gasteiger partial charge in [-0.25, -0.2) is 0 Å². The van der Waals surface area contributed by atoms with Gasteiger partial charge >= 0.3 is 0 Å². The van der Waals surface area contributed by atoms with E-state index in [0.29, 0.717) is 6.04 Å². The Balaban J connectivity index is 1.93. The molecule has 1 heterocycles. The van der Waals surface area contributed by atoms with E-state index >= 15 is 0 Å². The molecule has 94 valence electrons. The minimum Gasteiger partial charge on any atom is -0.313 e. The van der Waals surface area contributed by atoms with Crippen molar-refractivity contribution in [3.8, 4) is 0 Å². The molecule has 1 nitrogen and oxygen atoms in total. The van der Waals surface area contributed by atoms with Crippen molar-refractivity contribution in [2.45, 2.75) is 25.8 Å². The molecule has 2 rings (SSSR count). The Bertz CT molecular complexity index is 356. The Kier molecular flexibility index (Phi) is 5.20. The lowest BCUT2D eigenvalue weighted by atomic mass is 9.95. The van der Waals surface area contributed by atoms with E-state index in [1.807, 2.05) is 12.1 Å². The molecule has 2 unspecified atom stereocenters. The summed E-state index contributed by atoms with van der Waals surface area (Å²) in [6, 6.07) is 8.96. The zero-order chi connectivity index (χ0) is 12.1. The van der Waals surface area contributed by atoms with Gasteiger partial charge in [-0.3, -0.25) is 0 Å². The van der Waals surface area contributed by atoms with Gasteiger partial charge in [0.05, 0.1) is 0 Å². The maximum atomic E-state index is 6.03. The summed E-state index contributed by atoms with van der Waals surface area (Å²) in [5.74, 6) is 3.28. The third-order valence-electron chi connectivity index (χ3n) is 3.24. The summed E-state index contributed by atoms with van der Waals surface area (Å²) in [6.45, 7) is 3.36. The summed E-state index contributed by atoms with van der Waals surface area (Å²) in [7, 11) is 0. The number of hydrogen-bond donors (Lipinski definition) is 1. The summed E-state index contributed by atoms with van der Waals surface area (Å²) < 4.78 is 0. The van der Waals surface area contributed by atoms with Crippen molar-refractivity contribution >= 4 is 23.4 Å². The van der Waals surface area contributed by atoms with Crippen LogP contribution >= 0.6 is 23.4 Å². The van der Waals surface area contributed by atoms with Gasteiger partial charge in [0.1, 0.15) is 0 Å². The summed E-state index contributed by atoms with van der Waals surface area (Å²) in [5.41, 5.74) is 1.37. The number of benzene rings is 1. The van der Waals surface area contributed by atoms with Crippen LogP contribution in [0, 0.1) is 5.92 Å². The quantitative estimate of drug-likeness (QED) is 0.876. The van der Waals surface area contributed by atoms with Gasteiger partial charge in [0, 0.05) is 16.8 Å². The Morgan fingerprint density at radius 3 is 3.06 bits per heavy atom. The first-order valence-electron chi connectivity index (χ1n) is 6.35. The van der Waals surface area contributed by atoms with E-state index in [4.69, 9.17) is 11.6 Å². The Hall–Kier alpha value is -0.180. The fraction of sp³-hybridized carbons (Fsp3) is 0.571. The number of halogens is 1. The zero-order valence-corrected chi connectivity index (χ0v) is 11.9. The van der Waals surface area contributed by atoms with Crippen LogP contribution in [0.25, 0.3) is 0 Å². The second-order valence-corrected chi connectivity index (χ2v) is 6.20. The summed E-state index contributed by atoms with van der Waals surface area (Å²) in [5, 5.41) is 4.52. The molecule has 0 amide bonds. The van der Waals surface area contributed by atoms with Gasteiger partial charge in [0.15, 0.2) is 0 Å². The monoisotopic (exact) mass is 269 g/mol. The molecule has 0 aliphatic carbocycles. The van der Waals surface area contributed by atoms with E-state index in [1.54, 1.807) is 0 Å². The first kappa shape index (κ1) is 13.3. The van der Waals surface area contributed by atoms with Crippen molar-refractivity contribution < 1.29 is 0 Å². The molecular formula is C14H20ClNS. The maximum absolute atomic E-state index is 6.03. The molecule has 1 aromatic carbocycles. The first-order valence-corrected chi connectivity index (χ1v) is 7.88. The van der Waals surface area contributed by atoms with Crippen molar-refractivity contribution in [3.05, 3.63) is 34.9 Å². The average molecular weight is 270 g/mol. The van der Waals surface area contributed by atoms with E-state index < -0.39 is 0 Å². The SMILES string of the molecule is CCCNC1CSCC1Cc1cccc(Cl)c1. The van der Waals surface area contributed by atoms with Crippen molar-refractivity contribution in [2.75, 3.05) is 18.1 Å². The molecule has 1 fully saturated rings. The second kappa shape index (κ2) is 6.67. The molecule has 0 spiro atoms. The molecule has 1 aliphatic heterocycles. The highest BCUT2D eigenvalue weighted by atomic mass is 35.5. The van der Waals surface area contributed by atoms with E-state index in [2.05, 4.69) is 36.1 Å². The van der Waals surface area contributed by atoms with Gasteiger partial charge < -0.3 is 5.32 Å². The van der Waals surface area contributed by atoms with Crippen LogP contribution in [0.15, 0.2) is 24.3 Å². The molecule has 1 N–H and O–H groups in total. The van der Waals surface area contributed by atoms with Crippen LogP contribution < -0.4 is 5.32 Å². The fourth-order valence-electron chi connectivity index (χ4n) is 2.32. The number of thioether (sulfide) groups is 1. The zero-order valence-electron chi connectivity index (χ0n) is 10.3. The minimum atomic E-state index is 0.680. The molecule has 1 saturated heterocycles. The second-order valence-electron chi connectivity index (χ2n) is 4.69. The molecule has 0 radical (unpaired) electrons. The Morgan fingerprint density at radius 2 is 2.29 bits per heavy atom. The van der Waals surface area contributed by atoms with Crippen LogP contribution in [-0.4, -0.2) is 24.1 Å². The molecule has 1 aliphatic rings. The number of nitrogens with one attached hydrogen (secondary N) is 1. The molecule has 0 aromatic heterocycles. The molecule has 2 atom stereocenters. The lowest BCUT2D eigenvalue weighted by Gasteiger charge is -2.20. The van der Waals surface area contributed by atoms with Crippen LogP contribution in [0.1, 0.15) is 18.9 Å². The standard InChI is InChI=1S/C14H20ClNS/c1-2-6-16-14-10-17-9-12(14)7-11-4-3-5-13(15)8-11/h3-5,8,12,14,16H,2,6-7,9-10H2,1H3. The van der Waals surface area contributed by atoms with Gasteiger partial charge in [-0.15, -0.1) is 0 Å². The normalized spacial score (nSPS) is 24.1. The highest BCUT2D eigenvalue weighted by Crippen LogP contribution is 2.28. The van der Waals surface area contributed by atoms with Crippen LogP contribution in [-0.2, 0) is 6.42 Å². The van der Waals surface area contributed by atoms with E-state index in [9.17, 15) is 0 Å². The van der Waals surface area contributed by atoms with Gasteiger partial charge in [0.2, 0.25) is 0 Å². The van der Waals surface area contributed by atoms with E-state index in [1.165, 1.54) is 23.5 Å². The Labute approximate surface area is 113 Å². The Morgan fingerprint density at radius 1 is 1.41 bits per heavy atom. The predicted octanol–water partition coefficient (Wildman–Crippen LogP) is 3.61. The van der Waals surface area contributed by atoms with Crippen LogP contribution in [0.3, 0.4) is 0 Å². The van der Waals surface area contributed by atoms with Crippen LogP contribution in [0.5, 0.6) is 0 Å². The third-order valence-corrected chi connectivity index (χ3v) is 4.74. The topological polar surface area (TPSA) is 12.0 Å². The van der Waals surface area contributed by atoms with Crippen LogP contribution in [0.4, 0.5) is 0 Å². The lowest BCUT2D eigenvalue weighted by molar-refractivity contribution is 0.425. The molecule has 17 heavy (non-hydrogen) atoms. The van der Waals surface area contributed by atoms with Gasteiger partial charge in [-0.2, -0.15) is 11.8 Å². The summed E-state index contributed by atoms with van der Waals surface area (Å²) >= 11 is 8.10. The first-order chi connectivity index (χ1) is 8.29. The largest absolute Gasteiger partial charge is 0.313 e. The molecular weight excluding hydrogens is 250 g/mol. The van der Waals surface area contributed by atoms with Crippen molar-refractivity contribution in [2.24, 2.45) is 5.92 Å². The lowest BCUT2D eigenvalue weighted by Crippen LogP contribution is -2.36. The highest BCUT2D eigenvalue weighted by molar-refractivity contribution is 7.99. The maximum Gasteiger partial charge on any atom is 0.0408 e. The van der Waals surface area contributed by atoms with Gasteiger partial charge in [-0.05, 0) is 48.8 Å². The van der Waals surface area contributed by atoms with Gasteiger partial charge in [0.25, 0.3) is 0 Å². The highest BCUT2D eigenvalue weighted by Gasteiger charge is 2.27. The average Bonchev–Trinajstić information content (AvgIpc) is 2.74. The van der Waals surface area contributed by atoms with Crippen LogP contribution in [0.2, 0.25) is 5.02 Å². The predicted molar refractivity (Wildman–Crippen MR) is 78.1 cm³/mol. The molecule has 0 bridgehead atoms. The minimum absolute atomic E-state index is 0.680. The summed E-state index contributed by atoms with van der Waals surface area (Å²) in [6.07, 6.45) is 2.36. The number of rotatable bonds is 5. The fourth-order valence-corrected chi connectivity index (χ4v) is 3.97. The molecule has 3 heteroatoms. The van der Waals surface area contributed by atoms with E-state index in [0.717, 1.165) is 23.9 Å². The summed E-state index contributed by atoms with van der Waals surface area (Å²) in [4.78, 5) is 0.